The van der Waals surface area contributed by atoms with E-state index < -0.39 is 11.6 Å². The Morgan fingerprint density at radius 2 is 2.00 bits per heavy atom. The average molecular weight is 206 g/mol. The minimum absolute atomic E-state index is 0.0389. The first-order chi connectivity index (χ1) is 7.08. The van der Waals surface area contributed by atoms with Crippen LogP contribution in [-0.2, 0) is 11.2 Å². The molecule has 1 aromatic rings. The van der Waals surface area contributed by atoms with E-state index in [1.165, 1.54) is 6.08 Å². The van der Waals surface area contributed by atoms with Gasteiger partial charge in [-0.3, -0.25) is 0 Å². The largest absolute Gasteiger partial charge is 0.479 e. The summed E-state index contributed by atoms with van der Waals surface area (Å²) in [6, 6.07) is 9.04. The maximum Gasteiger partial charge on any atom is 0.336 e. The van der Waals surface area contributed by atoms with E-state index in [-0.39, 0.29) is 12.8 Å². The fourth-order valence-electron chi connectivity index (χ4n) is 1.41. The molecule has 0 aliphatic heterocycles. The molecule has 0 aliphatic rings. The molecule has 0 heterocycles. The summed E-state index contributed by atoms with van der Waals surface area (Å²) in [6.45, 7) is 3.45. The van der Waals surface area contributed by atoms with Gasteiger partial charge in [0, 0.05) is 12.8 Å². The molecule has 0 spiro atoms. The fourth-order valence-corrected chi connectivity index (χ4v) is 1.41. The third kappa shape index (κ3) is 2.92. The molecular formula is C12H14O3. The van der Waals surface area contributed by atoms with Crippen LogP contribution in [0, 0.1) is 0 Å². The Morgan fingerprint density at radius 3 is 2.47 bits per heavy atom. The second-order valence-corrected chi connectivity index (χ2v) is 3.49. The first-order valence-electron chi connectivity index (χ1n) is 4.69. The Kier molecular flexibility index (Phi) is 3.63. The molecule has 0 aromatic heterocycles. The van der Waals surface area contributed by atoms with Gasteiger partial charge in [0.1, 0.15) is 0 Å². The Labute approximate surface area is 88.7 Å². The third-order valence-corrected chi connectivity index (χ3v) is 2.22. The molecule has 3 heteroatoms. The maximum atomic E-state index is 10.9. The molecule has 1 atom stereocenters. The summed E-state index contributed by atoms with van der Waals surface area (Å²) in [5, 5.41) is 18.8. The molecule has 0 bridgehead atoms. The number of aliphatic hydroxyl groups is 1. The van der Waals surface area contributed by atoms with E-state index in [0.717, 1.165) is 5.56 Å². The van der Waals surface area contributed by atoms with Crippen molar-refractivity contribution in [2.45, 2.75) is 18.4 Å². The van der Waals surface area contributed by atoms with Crippen molar-refractivity contribution >= 4 is 5.97 Å². The smallest absolute Gasteiger partial charge is 0.336 e. The second-order valence-electron chi connectivity index (χ2n) is 3.49. The maximum absolute atomic E-state index is 10.9. The van der Waals surface area contributed by atoms with Crippen LogP contribution in [-0.4, -0.2) is 21.8 Å². The molecule has 3 nitrogen and oxygen atoms in total. The number of hydrogen-bond acceptors (Lipinski definition) is 2. The average Bonchev–Trinajstić information content (AvgIpc) is 2.19. The van der Waals surface area contributed by atoms with E-state index >= 15 is 0 Å². The lowest BCUT2D eigenvalue weighted by atomic mass is 9.91. The van der Waals surface area contributed by atoms with Crippen molar-refractivity contribution in [1.82, 2.24) is 0 Å². The number of hydrogen-bond donors (Lipinski definition) is 2. The van der Waals surface area contributed by atoms with Crippen LogP contribution in [0.15, 0.2) is 43.0 Å². The van der Waals surface area contributed by atoms with Gasteiger partial charge in [-0.15, -0.1) is 6.58 Å². The van der Waals surface area contributed by atoms with E-state index in [1.807, 2.05) is 18.2 Å². The van der Waals surface area contributed by atoms with Gasteiger partial charge in [0.2, 0.25) is 0 Å². The monoisotopic (exact) mass is 206 g/mol. The van der Waals surface area contributed by atoms with Gasteiger partial charge in [0.15, 0.2) is 5.60 Å². The summed E-state index contributed by atoms with van der Waals surface area (Å²) in [6.07, 6.45) is 1.55. The lowest BCUT2D eigenvalue weighted by Crippen LogP contribution is -2.40. The minimum atomic E-state index is -1.75. The molecular weight excluding hydrogens is 192 g/mol. The Bertz CT molecular complexity index is 345. The lowest BCUT2D eigenvalue weighted by Gasteiger charge is -2.21. The van der Waals surface area contributed by atoms with Crippen molar-refractivity contribution in [3.63, 3.8) is 0 Å². The molecule has 15 heavy (non-hydrogen) atoms. The van der Waals surface area contributed by atoms with Gasteiger partial charge in [-0.1, -0.05) is 36.4 Å². The van der Waals surface area contributed by atoms with Gasteiger partial charge >= 0.3 is 5.97 Å². The first-order valence-corrected chi connectivity index (χ1v) is 4.69. The zero-order chi connectivity index (χ0) is 11.3. The van der Waals surface area contributed by atoms with Crippen molar-refractivity contribution in [2.24, 2.45) is 0 Å². The number of carboxylic acids is 1. The van der Waals surface area contributed by atoms with Gasteiger partial charge in [0.05, 0.1) is 0 Å². The highest BCUT2D eigenvalue weighted by Crippen LogP contribution is 2.18. The molecule has 0 saturated heterocycles. The zero-order valence-electron chi connectivity index (χ0n) is 8.39. The van der Waals surface area contributed by atoms with E-state index in [4.69, 9.17) is 5.11 Å². The van der Waals surface area contributed by atoms with Crippen LogP contribution in [0.5, 0.6) is 0 Å². The number of aliphatic carboxylic acids is 1. The normalized spacial score (nSPS) is 14.2. The van der Waals surface area contributed by atoms with Gasteiger partial charge in [0.25, 0.3) is 0 Å². The van der Waals surface area contributed by atoms with Crippen molar-refractivity contribution in [2.75, 3.05) is 0 Å². The first kappa shape index (κ1) is 11.5. The number of rotatable bonds is 5. The summed E-state index contributed by atoms with van der Waals surface area (Å²) in [4.78, 5) is 10.9. The fraction of sp³-hybridized carbons (Fsp3) is 0.250. The summed E-state index contributed by atoms with van der Waals surface area (Å²) in [5.74, 6) is -1.22. The number of carbonyl (C=O) groups is 1. The summed E-state index contributed by atoms with van der Waals surface area (Å²) in [7, 11) is 0. The van der Waals surface area contributed by atoms with Gasteiger partial charge in [-0.25, -0.2) is 4.79 Å². The summed E-state index contributed by atoms with van der Waals surface area (Å²) in [5.41, 5.74) is -0.951. The molecule has 0 aliphatic carbocycles. The lowest BCUT2D eigenvalue weighted by molar-refractivity contribution is -0.158. The quantitative estimate of drug-likeness (QED) is 0.720. The Hall–Kier alpha value is -1.61. The van der Waals surface area contributed by atoms with E-state index in [9.17, 15) is 9.90 Å². The van der Waals surface area contributed by atoms with Gasteiger partial charge in [-0.05, 0) is 5.56 Å². The van der Waals surface area contributed by atoms with Crippen LogP contribution in [0.4, 0.5) is 0 Å². The van der Waals surface area contributed by atoms with E-state index in [0.29, 0.717) is 0 Å². The minimum Gasteiger partial charge on any atom is -0.479 e. The van der Waals surface area contributed by atoms with Crippen LogP contribution >= 0.6 is 0 Å². The van der Waals surface area contributed by atoms with Gasteiger partial charge < -0.3 is 10.2 Å². The highest BCUT2D eigenvalue weighted by molar-refractivity contribution is 5.77. The molecule has 0 saturated carbocycles. The van der Waals surface area contributed by atoms with Crippen LogP contribution in [0.25, 0.3) is 0 Å². The Balaban J connectivity index is 2.84. The van der Waals surface area contributed by atoms with E-state index in [1.54, 1.807) is 12.1 Å². The van der Waals surface area contributed by atoms with Crippen LogP contribution in [0.3, 0.4) is 0 Å². The highest BCUT2D eigenvalue weighted by Gasteiger charge is 2.34. The van der Waals surface area contributed by atoms with Crippen LogP contribution in [0.2, 0.25) is 0 Å². The molecule has 1 rings (SSSR count). The highest BCUT2D eigenvalue weighted by atomic mass is 16.4. The van der Waals surface area contributed by atoms with Crippen molar-refractivity contribution in [1.29, 1.82) is 0 Å². The molecule has 2 N–H and O–H groups in total. The van der Waals surface area contributed by atoms with Crippen LogP contribution in [0.1, 0.15) is 12.0 Å². The third-order valence-electron chi connectivity index (χ3n) is 2.22. The molecule has 0 radical (unpaired) electrons. The molecule has 0 amide bonds. The van der Waals surface area contributed by atoms with Crippen molar-refractivity contribution in [3.8, 4) is 0 Å². The van der Waals surface area contributed by atoms with Crippen molar-refractivity contribution in [3.05, 3.63) is 48.6 Å². The SMILES string of the molecule is C=CC[C@@](O)(Cc1ccccc1)C(=O)O. The topological polar surface area (TPSA) is 57.5 Å². The van der Waals surface area contributed by atoms with Crippen molar-refractivity contribution < 1.29 is 15.0 Å². The Morgan fingerprint density at radius 1 is 1.40 bits per heavy atom. The van der Waals surface area contributed by atoms with Crippen LogP contribution < -0.4 is 0 Å². The standard InChI is InChI=1S/C12H14O3/c1-2-8-12(15,11(13)14)9-10-6-4-3-5-7-10/h2-7,15H,1,8-9H2,(H,13,14)/t12-/m1/s1. The molecule has 80 valence electrons. The predicted molar refractivity (Wildman–Crippen MR) is 57.5 cm³/mol. The zero-order valence-corrected chi connectivity index (χ0v) is 8.39. The summed E-state index contributed by atoms with van der Waals surface area (Å²) < 4.78 is 0. The van der Waals surface area contributed by atoms with Gasteiger partial charge in [-0.2, -0.15) is 0 Å². The molecule has 1 aromatic carbocycles. The number of benzene rings is 1. The second kappa shape index (κ2) is 4.75. The molecule has 0 unspecified atom stereocenters. The van der Waals surface area contributed by atoms with E-state index in [2.05, 4.69) is 6.58 Å². The predicted octanol–water partition coefficient (Wildman–Crippen LogP) is 1.62. The molecule has 0 fully saturated rings. The number of carboxylic acid groups (broad SMARTS) is 1. The summed E-state index contributed by atoms with van der Waals surface area (Å²) >= 11 is 0.